The maximum absolute atomic E-state index is 13.6. The fourth-order valence-corrected chi connectivity index (χ4v) is 5.38. The van der Waals surface area contributed by atoms with Crippen LogP contribution in [-0.4, -0.2) is 89.6 Å². The van der Waals surface area contributed by atoms with Gasteiger partial charge in [0.2, 0.25) is 0 Å². The summed E-state index contributed by atoms with van der Waals surface area (Å²) in [6.07, 6.45) is 2.43. The van der Waals surface area contributed by atoms with E-state index in [2.05, 4.69) is 9.88 Å². The number of pyridine rings is 1. The number of carbonyl (C=O) groups excluding carboxylic acids is 2. The van der Waals surface area contributed by atoms with E-state index in [9.17, 15) is 14.7 Å². The van der Waals surface area contributed by atoms with Crippen LogP contribution >= 0.6 is 0 Å². The second-order valence-corrected chi connectivity index (χ2v) is 9.36. The number of aryl methyl sites for hydroxylation is 1. The van der Waals surface area contributed by atoms with Crippen molar-refractivity contribution < 1.29 is 28.9 Å². The third-order valence-electron chi connectivity index (χ3n) is 7.17. The molecule has 2 saturated heterocycles. The molecule has 2 fully saturated rings. The Morgan fingerprint density at radius 3 is 2.61 bits per heavy atom. The maximum atomic E-state index is 13.6. The molecule has 1 atom stereocenters. The Balaban J connectivity index is 1.61. The molecular formula is C28H32N4O6. The molecular weight excluding hydrogens is 488 g/mol. The highest BCUT2D eigenvalue weighted by Crippen LogP contribution is 2.45. The summed E-state index contributed by atoms with van der Waals surface area (Å²) in [7, 11) is 3.04. The number of para-hydroxylation sites is 1. The molecule has 1 amide bonds. The Morgan fingerprint density at radius 2 is 1.87 bits per heavy atom. The van der Waals surface area contributed by atoms with Crippen molar-refractivity contribution in [1.82, 2.24) is 19.2 Å². The molecule has 5 rings (SSSR count). The van der Waals surface area contributed by atoms with Gasteiger partial charge in [-0.05, 0) is 31.5 Å². The smallest absolute Gasteiger partial charge is 0.295 e. The zero-order chi connectivity index (χ0) is 26.8. The van der Waals surface area contributed by atoms with E-state index in [1.807, 2.05) is 18.2 Å². The van der Waals surface area contributed by atoms with Crippen LogP contribution in [0.4, 0.5) is 0 Å². The van der Waals surface area contributed by atoms with Gasteiger partial charge in [-0.1, -0.05) is 18.2 Å². The summed E-state index contributed by atoms with van der Waals surface area (Å²) in [5, 5.41) is 11.7. The van der Waals surface area contributed by atoms with Gasteiger partial charge in [-0.15, -0.1) is 0 Å². The molecule has 0 bridgehead atoms. The minimum Gasteiger partial charge on any atom is -0.505 e. The molecule has 1 aromatic carbocycles. The Labute approximate surface area is 221 Å². The molecule has 10 nitrogen and oxygen atoms in total. The molecule has 2 aromatic heterocycles. The fourth-order valence-electron chi connectivity index (χ4n) is 5.38. The lowest BCUT2D eigenvalue weighted by Gasteiger charge is -2.29. The van der Waals surface area contributed by atoms with Gasteiger partial charge in [0.25, 0.3) is 11.7 Å². The maximum Gasteiger partial charge on any atom is 0.295 e. The lowest BCUT2D eigenvalue weighted by molar-refractivity contribution is -0.140. The van der Waals surface area contributed by atoms with Crippen LogP contribution in [0.2, 0.25) is 0 Å². The third kappa shape index (κ3) is 4.50. The number of hydrogen-bond acceptors (Lipinski definition) is 8. The Kier molecular flexibility index (Phi) is 7.35. The van der Waals surface area contributed by atoms with E-state index in [1.54, 1.807) is 35.7 Å². The van der Waals surface area contributed by atoms with Gasteiger partial charge >= 0.3 is 0 Å². The average molecular weight is 521 g/mol. The first-order valence-electron chi connectivity index (χ1n) is 12.7. The number of likely N-dealkylation sites (tertiary alicyclic amines) is 1. The second-order valence-electron chi connectivity index (χ2n) is 9.36. The number of benzene rings is 1. The van der Waals surface area contributed by atoms with E-state index < -0.39 is 17.7 Å². The van der Waals surface area contributed by atoms with Gasteiger partial charge in [0.1, 0.15) is 11.3 Å². The van der Waals surface area contributed by atoms with Crippen LogP contribution in [0.15, 0.2) is 48.2 Å². The van der Waals surface area contributed by atoms with E-state index in [0.717, 1.165) is 19.6 Å². The number of hydrogen-bond donors (Lipinski definition) is 1. The number of amides is 1. The number of methoxy groups -OCH3 is 2. The second kappa shape index (κ2) is 10.8. The van der Waals surface area contributed by atoms with Crippen molar-refractivity contribution in [1.29, 1.82) is 0 Å². The molecule has 4 heterocycles. The molecule has 0 saturated carbocycles. The zero-order valence-electron chi connectivity index (χ0n) is 21.8. The number of morpholine rings is 1. The van der Waals surface area contributed by atoms with Gasteiger partial charge in [-0.2, -0.15) is 0 Å². The summed E-state index contributed by atoms with van der Waals surface area (Å²) in [4.78, 5) is 35.4. The summed E-state index contributed by atoms with van der Waals surface area (Å²) < 4.78 is 18.3. The van der Waals surface area contributed by atoms with E-state index in [4.69, 9.17) is 14.2 Å². The summed E-state index contributed by atoms with van der Waals surface area (Å²) in [5.74, 6) is -0.801. The molecule has 0 aliphatic carbocycles. The fraction of sp³-hybridized carbons (Fsp3) is 0.393. The van der Waals surface area contributed by atoms with Gasteiger partial charge in [-0.3, -0.25) is 18.9 Å². The quantitative estimate of drug-likeness (QED) is 0.275. The SMILES string of the molecule is COc1cccc(C2C(=C(O)c3c(C)nc4ccccn34)C(=O)C(=O)N2CCCN2CCOCC2)c1OC. The van der Waals surface area contributed by atoms with E-state index in [1.165, 1.54) is 19.1 Å². The number of nitrogens with zero attached hydrogens (tertiary/aromatic N) is 4. The predicted molar refractivity (Wildman–Crippen MR) is 140 cm³/mol. The van der Waals surface area contributed by atoms with Crippen LogP contribution in [0.3, 0.4) is 0 Å². The topological polar surface area (TPSA) is 106 Å². The Morgan fingerprint density at radius 1 is 1.08 bits per heavy atom. The number of aliphatic hydroxyl groups is 1. The van der Waals surface area contributed by atoms with E-state index in [-0.39, 0.29) is 11.3 Å². The first kappa shape index (κ1) is 25.7. The summed E-state index contributed by atoms with van der Waals surface area (Å²) >= 11 is 0. The Hall–Kier alpha value is -3.89. The number of fused-ring (bicyclic) bond motifs is 1. The number of ketones is 1. The van der Waals surface area contributed by atoms with E-state index >= 15 is 0 Å². The first-order chi connectivity index (χ1) is 18.5. The molecule has 2 aliphatic heterocycles. The van der Waals surface area contributed by atoms with Gasteiger partial charge in [0, 0.05) is 37.9 Å². The minimum atomic E-state index is -0.863. The number of Topliss-reactive ketones (excluding diaryl/α,β-unsaturated/α-hetero) is 1. The van der Waals surface area contributed by atoms with Crippen molar-refractivity contribution in [2.45, 2.75) is 19.4 Å². The van der Waals surface area contributed by atoms with Crippen LogP contribution in [0.5, 0.6) is 11.5 Å². The minimum absolute atomic E-state index is 0.00155. The van der Waals surface area contributed by atoms with Crippen molar-refractivity contribution in [2.24, 2.45) is 0 Å². The van der Waals surface area contributed by atoms with Crippen molar-refractivity contribution >= 4 is 23.1 Å². The number of carbonyl (C=O) groups is 2. The standard InChI is InChI=1S/C28H32N4O6/c1-18-23(31-12-5-4-10-21(31)29-18)25(33)22-24(19-8-6-9-20(36-2)27(19)37-3)32(28(35)26(22)34)13-7-11-30-14-16-38-17-15-30/h4-6,8-10,12,24,33H,7,11,13-17H2,1-3H3. The number of imidazole rings is 1. The largest absolute Gasteiger partial charge is 0.505 e. The van der Waals surface area contributed by atoms with Gasteiger partial charge in [-0.25, -0.2) is 4.98 Å². The van der Waals surface area contributed by atoms with Gasteiger partial charge < -0.3 is 24.2 Å². The van der Waals surface area contributed by atoms with E-state index in [0.29, 0.717) is 60.3 Å². The molecule has 0 radical (unpaired) electrons. The van der Waals surface area contributed by atoms with Crippen LogP contribution in [0.25, 0.3) is 11.4 Å². The van der Waals surface area contributed by atoms with Crippen LogP contribution in [-0.2, 0) is 14.3 Å². The number of aromatic nitrogens is 2. The van der Waals surface area contributed by atoms with Crippen molar-refractivity contribution in [3.05, 3.63) is 65.1 Å². The summed E-state index contributed by atoms with van der Waals surface area (Å²) in [5.41, 5.74) is 2.11. The molecule has 38 heavy (non-hydrogen) atoms. The third-order valence-corrected chi connectivity index (χ3v) is 7.17. The average Bonchev–Trinajstić information content (AvgIpc) is 3.41. The monoisotopic (exact) mass is 520 g/mol. The van der Waals surface area contributed by atoms with Gasteiger partial charge in [0.15, 0.2) is 17.3 Å². The van der Waals surface area contributed by atoms with Crippen molar-refractivity contribution in [3.63, 3.8) is 0 Å². The Bertz CT molecular complexity index is 1390. The van der Waals surface area contributed by atoms with Crippen molar-refractivity contribution in [3.8, 4) is 11.5 Å². The highest BCUT2D eigenvalue weighted by atomic mass is 16.5. The molecule has 3 aromatic rings. The van der Waals surface area contributed by atoms with Crippen molar-refractivity contribution in [2.75, 3.05) is 53.6 Å². The molecule has 0 spiro atoms. The number of rotatable bonds is 8. The normalized spacial score (nSPS) is 19.9. The highest BCUT2D eigenvalue weighted by molar-refractivity contribution is 6.46. The molecule has 1 unspecified atom stereocenters. The predicted octanol–water partition coefficient (Wildman–Crippen LogP) is 2.80. The number of ether oxygens (including phenoxy) is 3. The molecule has 10 heteroatoms. The first-order valence-corrected chi connectivity index (χ1v) is 12.7. The van der Waals surface area contributed by atoms with Crippen LogP contribution in [0, 0.1) is 6.92 Å². The molecule has 200 valence electrons. The summed E-state index contributed by atoms with van der Waals surface area (Å²) in [6, 6.07) is 9.94. The van der Waals surface area contributed by atoms with Crippen LogP contribution in [0.1, 0.15) is 29.4 Å². The van der Waals surface area contributed by atoms with Gasteiger partial charge in [0.05, 0.1) is 44.7 Å². The lowest BCUT2D eigenvalue weighted by atomic mass is 9.95. The lowest BCUT2D eigenvalue weighted by Crippen LogP contribution is -2.39. The molecule has 1 N–H and O–H groups in total. The molecule has 2 aliphatic rings. The highest BCUT2D eigenvalue weighted by Gasteiger charge is 2.47. The zero-order valence-corrected chi connectivity index (χ0v) is 21.8. The summed E-state index contributed by atoms with van der Waals surface area (Å²) in [6.45, 7) is 5.89. The number of aliphatic hydroxyl groups excluding tert-OH is 1. The van der Waals surface area contributed by atoms with Crippen LogP contribution < -0.4 is 9.47 Å².